The summed E-state index contributed by atoms with van der Waals surface area (Å²) in [6.07, 6.45) is 1.61. The van der Waals surface area contributed by atoms with Crippen LogP contribution in [0, 0.1) is 5.82 Å². The molecule has 0 saturated carbocycles. The van der Waals surface area contributed by atoms with Crippen LogP contribution < -0.4 is 11.3 Å². The number of hydrogen-bond acceptors (Lipinski definition) is 3. The van der Waals surface area contributed by atoms with Crippen molar-refractivity contribution in [1.29, 1.82) is 0 Å². The van der Waals surface area contributed by atoms with Gasteiger partial charge in [-0.05, 0) is 29.8 Å². The fraction of sp³-hybridized carbons (Fsp3) is 0.200. The average molecular weight is 230 g/mol. The molecule has 5 heteroatoms. The normalized spacial score (nSPS) is 11.3. The highest BCUT2D eigenvalue weighted by molar-refractivity contribution is 6.18. The number of hydrogen-bond donors (Lipinski definition) is 2. The van der Waals surface area contributed by atoms with Gasteiger partial charge in [-0.3, -0.25) is 5.84 Å². The molecule has 0 aliphatic heterocycles. The summed E-state index contributed by atoms with van der Waals surface area (Å²) in [4.78, 5) is 1.79. The predicted molar refractivity (Wildman–Crippen MR) is 60.2 cm³/mol. The SMILES string of the molecule is CN(CCl)/C(=C\NN)c1ccc(F)cc1. The zero-order valence-corrected chi connectivity index (χ0v) is 9.13. The van der Waals surface area contributed by atoms with Gasteiger partial charge in [0.05, 0.1) is 11.7 Å². The Kier molecular flexibility index (Phi) is 4.39. The summed E-state index contributed by atoms with van der Waals surface area (Å²) in [5, 5.41) is 0. The molecule has 0 amide bonds. The molecule has 0 fully saturated rings. The van der Waals surface area contributed by atoms with Crippen LogP contribution in [-0.4, -0.2) is 18.0 Å². The highest BCUT2D eigenvalue weighted by Crippen LogP contribution is 2.17. The van der Waals surface area contributed by atoms with Gasteiger partial charge in [0.1, 0.15) is 5.82 Å². The minimum atomic E-state index is -0.271. The monoisotopic (exact) mass is 229 g/mol. The molecule has 3 N–H and O–H groups in total. The lowest BCUT2D eigenvalue weighted by Crippen LogP contribution is -2.21. The van der Waals surface area contributed by atoms with Crippen LogP contribution in [0.4, 0.5) is 4.39 Å². The quantitative estimate of drug-likeness (QED) is 0.358. The first-order chi connectivity index (χ1) is 7.19. The van der Waals surface area contributed by atoms with Gasteiger partial charge in [-0.1, -0.05) is 0 Å². The van der Waals surface area contributed by atoms with Crippen LogP contribution >= 0.6 is 11.6 Å². The van der Waals surface area contributed by atoms with Crippen molar-refractivity contribution >= 4 is 17.3 Å². The smallest absolute Gasteiger partial charge is 0.123 e. The van der Waals surface area contributed by atoms with Crippen LogP contribution in [0.15, 0.2) is 30.5 Å². The maximum absolute atomic E-state index is 12.7. The van der Waals surface area contributed by atoms with E-state index in [2.05, 4.69) is 5.43 Å². The van der Waals surface area contributed by atoms with Gasteiger partial charge < -0.3 is 10.3 Å². The van der Waals surface area contributed by atoms with E-state index >= 15 is 0 Å². The Morgan fingerprint density at radius 1 is 1.53 bits per heavy atom. The van der Waals surface area contributed by atoms with E-state index in [4.69, 9.17) is 17.4 Å². The van der Waals surface area contributed by atoms with Crippen molar-refractivity contribution in [3.8, 4) is 0 Å². The molecule has 1 rings (SSSR count). The molecule has 0 saturated heterocycles. The van der Waals surface area contributed by atoms with E-state index in [1.807, 2.05) is 7.05 Å². The van der Waals surface area contributed by atoms with Crippen molar-refractivity contribution < 1.29 is 4.39 Å². The van der Waals surface area contributed by atoms with E-state index < -0.39 is 0 Å². The molecule has 0 heterocycles. The second-order valence-corrected chi connectivity index (χ2v) is 3.26. The molecule has 15 heavy (non-hydrogen) atoms. The molecule has 0 aliphatic rings. The lowest BCUT2D eigenvalue weighted by molar-refractivity contribution is 0.560. The Labute approximate surface area is 93.3 Å². The van der Waals surface area contributed by atoms with Crippen molar-refractivity contribution in [2.75, 3.05) is 13.1 Å². The third-order valence-electron chi connectivity index (χ3n) is 1.95. The van der Waals surface area contributed by atoms with Crippen LogP contribution in [0.5, 0.6) is 0 Å². The molecule has 0 radical (unpaired) electrons. The molecule has 0 spiro atoms. The first kappa shape index (κ1) is 11.8. The molecule has 82 valence electrons. The van der Waals surface area contributed by atoms with Crippen LogP contribution in [0.1, 0.15) is 5.56 Å². The minimum absolute atomic E-state index is 0.271. The molecule has 0 unspecified atom stereocenters. The van der Waals surface area contributed by atoms with E-state index in [0.717, 1.165) is 11.3 Å². The fourth-order valence-electron chi connectivity index (χ4n) is 1.18. The Morgan fingerprint density at radius 2 is 2.13 bits per heavy atom. The number of alkyl halides is 1. The van der Waals surface area contributed by atoms with Crippen molar-refractivity contribution in [3.05, 3.63) is 41.8 Å². The summed E-state index contributed by atoms with van der Waals surface area (Å²) < 4.78 is 12.7. The lowest BCUT2D eigenvalue weighted by atomic mass is 10.1. The maximum Gasteiger partial charge on any atom is 0.123 e. The number of nitrogens with one attached hydrogen (secondary N) is 1. The summed E-state index contributed by atoms with van der Waals surface area (Å²) in [5.41, 5.74) is 4.08. The van der Waals surface area contributed by atoms with Crippen molar-refractivity contribution in [3.63, 3.8) is 0 Å². The highest BCUT2D eigenvalue weighted by atomic mass is 35.5. The van der Waals surface area contributed by atoms with Gasteiger partial charge >= 0.3 is 0 Å². The molecule has 0 aliphatic carbocycles. The molecule has 0 aromatic heterocycles. The number of halogens is 2. The van der Waals surface area contributed by atoms with E-state index in [1.54, 1.807) is 23.2 Å². The summed E-state index contributed by atoms with van der Waals surface area (Å²) in [7, 11) is 1.82. The minimum Gasteiger partial charge on any atom is -0.359 e. The highest BCUT2D eigenvalue weighted by Gasteiger charge is 2.06. The predicted octanol–water partition coefficient (Wildman–Crippen LogP) is 1.72. The number of nitrogens with two attached hydrogens (primary N) is 1. The molecular weight excluding hydrogens is 217 g/mol. The second kappa shape index (κ2) is 5.58. The molecule has 0 atom stereocenters. The maximum atomic E-state index is 12.7. The van der Waals surface area contributed by atoms with Crippen LogP contribution in [0.3, 0.4) is 0 Å². The Morgan fingerprint density at radius 3 is 2.60 bits per heavy atom. The van der Waals surface area contributed by atoms with Crippen LogP contribution in [0.2, 0.25) is 0 Å². The van der Waals surface area contributed by atoms with Gasteiger partial charge in [-0.15, -0.1) is 11.6 Å². The van der Waals surface area contributed by atoms with Crippen LogP contribution in [-0.2, 0) is 0 Å². The Balaban J connectivity index is 2.99. The second-order valence-electron chi connectivity index (χ2n) is 3.02. The summed E-state index contributed by atoms with van der Waals surface area (Å²) in [6, 6.07) is 6.44. The van der Waals surface area contributed by atoms with Gasteiger partial charge in [-0.2, -0.15) is 0 Å². The van der Waals surface area contributed by atoms with Crippen molar-refractivity contribution in [2.24, 2.45) is 5.84 Å². The Bertz CT molecular complexity index is 337. The number of hydrazine groups is 1. The first-order valence-electron chi connectivity index (χ1n) is 4.38. The van der Waals surface area contributed by atoms with Gasteiger partial charge in [0.2, 0.25) is 0 Å². The van der Waals surface area contributed by atoms with Gasteiger partial charge in [-0.25, -0.2) is 4.39 Å². The van der Waals surface area contributed by atoms with Crippen molar-refractivity contribution in [1.82, 2.24) is 10.3 Å². The third kappa shape index (κ3) is 3.11. The van der Waals surface area contributed by atoms with Gasteiger partial charge in [0.15, 0.2) is 0 Å². The topological polar surface area (TPSA) is 41.3 Å². The van der Waals surface area contributed by atoms with E-state index in [1.165, 1.54) is 12.1 Å². The van der Waals surface area contributed by atoms with E-state index in [9.17, 15) is 4.39 Å². The zero-order chi connectivity index (χ0) is 11.3. The molecule has 1 aromatic rings. The number of rotatable bonds is 4. The molecule has 1 aromatic carbocycles. The van der Waals surface area contributed by atoms with Gasteiger partial charge in [0, 0.05) is 13.2 Å². The van der Waals surface area contributed by atoms with E-state index in [0.29, 0.717) is 6.00 Å². The molecular formula is C10H13ClFN3. The van der Waals surface area contributed by atoms with Crippen molar-refractivity contribution in [2.45, 2.75) is 0 Å². The fourth-order valence-corrected chi connectivity index (χ4v) is 1.31. The average Bonchev–Trinajstić information content (AvgIpc) is 2.26. The van der Waals surface area contributed by atoms with E-state index in [-0.39, 0.29) is 5.82 Å². The third-order valence-corrected chi connectivity index (χ3v) is 2.31. The summed E-state index contributed by atoms with van der Waals surface area (Å²) in [6.45, 7) is 0. The zero-order valence-electron chi connectivity index (χ0n) is 8.37. The molecule has 0 bridgehead atoms. The Hall–Kier alpha value is -1.26. The first-order valence-corrected chi connectivity index (χ1v) is 4.92. The summed E-state index contributed by atoms with van der Waals surface area (Å²) >= 11 is 5.71. The lowest BCUT2D eigenvalue weighted by Gasteiger charge is -2.19. The number of benzene rings is 1. The van der Waals surface area contributed by atoms with Crippen LogP contribution in [0.25, 0.3) is 5.70 Å². The largest absolute Gasteiger partial charge is 0.359 e. The molecule has 3 nitrogen and oxygen atoms in total. The number of nitrogens with zero attached hydrogens (tertiary/aromatic N) is 1. The van der Waals surface area contributed by atoms with Gasteiger partial charge in [0.25, 0.3) is 0 Å². The summed E-state index contributed by atoms with van der Waals surface area (Å²) in [5.74, 6) is 4.95. The standard InChI is InChI=1S/C10H13ClFN3/c1-15(7-11)10(6-14-13)8-2-4-9(12)5-3-8/h2-6,14H,7,13H2,1H3/b10-6-.